The fourth-order valence-corrected chi connectivity index (χ4v) is 6.40. The molecule has 6 N–H and O–H groups in total. The molecule has 234 valence electrons. The summed E-state index contributed by atoms with van der Waals surface area (Å²) in [5.41, 5.74) is 16.4. The summed E-state index contributed by atoms with van der Waals surface area (Å²) in [6, 6.07) is 21.3. The first-order chi connectivity index (χ1) is 21.9. The van der Waals surface area contributed by atoms with Crippen molar-refractivity contribution in [2.24, 2.45) is 15.8 Å². The lowest BCUT2D eigenvalue weighted by atomic mass is 9.81. The van der Waals surface area contributed by atoms with Gasteiger partial charge in [0.1, 0.15) is 0 Å². The molecule has 3 heterocycles. The Morgan fingerprint density at radius 3 is 2.64 bits per heavy atom. The Kier molecular flexibility index (Phi) is 9.20. The van der Waals surface area contributed by atoms with Gasteiger partial charge in [0.05, 0.1) is 17.1 Å². The minimum absolute atomic E-state index is 0.463. The first-order valence-electron chi connectivity index (χ1n) is 15.3. The fraction of sp³-hybridized carbons (Fsp3) is 0.294. The second-order valence-electron chi connectivity index (χ2n) is 11.5. The maximum absolute atomic E-state index is 12.8. The van der Waals surface area contributed by atoms with E-state index < -0.39 is 5.60 Å². The highest BCUT2D eigenvalue weighted by atomic mass is 35.5. The van der Waals surface area contributed by atoms with Crippen molar-refractivity contribution in [2.75, 3.05) is 38.2 Å². The number of fused-ring (bicyclic) bond motifs is 3. The van der Waals surface area contributed by atoms with Gasteiger partial charge in [-0.3, -0.25) is 0 Å². The predicted molar refractivity (Wildman–Crippen MR) is 181 cm³/mol. The van der Waals surface area contributed by atoms with Gasteiger partial charge in [-0.25, -0.2) is 15.5 Å². The first-order valence-corrected chi connectivity index (χ1v) is 15.7. The molecule has 0 radical (unpaired) electrons. The Bertz CT molecular complexity index is 1630. The van der Waals surface area contributed by atoms with Crippen molar-refractivity contribution in [3.05, 3.63) is 124 Å². The minimum Gasteiger partial charge on any atom is -0.403 e. The summed E-state index contributed by atoms with van der Waals surface area (Å²) in [5, 5.41) is 22.9. The van der Waals surface area contributed by atoms with Gasteiger partial charge in [-0.05, 0) is 92.6 Å². The van der Waals surface area contributed by atoms with Crippen LogP contribution in [0.5, 0.6) is 0 Å². The molecule has 1 unspecified atom stereocenters. The number of guanidine groups is 1. The van der Waals surface area contributed by atoms with Gasteiger partial charge in [-0.15, -0.1) is 10.6 Å². The average Bonchev–Trinajstić information content (AvgIpc) is 3.77. The van der Waals surface area contributed by atoms with Gasteiger partial charge in [0.15, 0.2) is 5.60 Å². The van der Waals surface area contributed by atoms with Gasteiger partial charge < -0.3 is 26.0 Å². The number of hydrazine groups is 2. The fourth-order valence-electron chi connectivity index (χ4n) is 6.21. The Morgan fingerprint density at radius 1 is 1.13 bits per heavy atom. The second-order valence-corrected chi connectivity index (χ2v) is 11.9. The van der Waals surface area contributed by atoms with Crippen LogP contribution in [-0.4, -0.2) is 59.8 Å². The molecule has 3 aliphatic rings. The van der Waals surface area contributed by atoms with Crippen molar-refractivity contribution in [3.8, 4) is 0 Å². The lowest BCUT2D eigenvalue weighted by Gasteiger charge is -2.37. The SMILES string of the molecule is C=CN(C)/C(=C\N)C(O)(c1ccc(CNCCCN2CCCC2)cc1)c1ccc2c(c1)C(c1cccc(Cl)c1)=NC1=NNNN12. The van der Waals surface area contributed by atoms with Gasteiger partial charge in [0, 0.05) is 35.9 Å². The van der Waals surface area contributed by atoms with Crippen LogP contribution in [0, 0.1) is 0 Å². The molecular formula is C34H40ClN9O. The van der Waals surface area contributed by atoms with Crippen LogP contribution in [0.4, 0.5) is 5.69 Å². The van der Waals surface area contributed by atoms with Gasteiger partial charge in [-0.1, -0.05) is 60.6 Å². The zero-order valence-electron chi connectivity index (χ0n) is 25.5. The largest absolute Gasteiger partial charge is 0.403 e. The van der Waals surface area contributed by atoms with Crippen LogP contribution < -0.4 is 27.1 Å². The van der Waals surface area contributed by atoms with Crippen molar-refractivity contribution in [1.29, 1.82) is 0 Å². The third kappa shape index (κ3) is 6.20. The van der Waals surface area contributed by atoms with E-state index >= 15 is 0 Å². The molecule has 3 aromatic carbocycles. The summed E-state index contributed by atoms with van der Waals surface area (Å²) in [4.78, 5) is 9.11. The zero-order valence-corrected chi connectivity index (χ0v) is 26.3. The molecule has 0 aliphatic carbocycles. The summed E-state index contributed by atoms with van der Waals surface area (Å²) in [7, 11) is 1.82. The van der Waals surface area contributed by atoms with E-state index in [1.165, 1.54) is 32.1 Å². The smallest absolute Gasteiger partial charge is 0.265 e. The number of hydrazone groups is 1. The molecule has 0 bridgehead atoms. The van der Waals surface area contributed by atoms with Crippen molar-refractivity contribution in [1.82, 2.24) is 26.2 Å². The zero-order chi connectivity index (χ0) is 31.4. The number of halogens is 1. The topological polar surface area (TPSA) is 117 Å². The van der Waals surface area contributed by atoms with Gasteiger partial charge in [0.25, 0.3) is 5.96 Å². The molecule has 1 fully saturated rings. The Labute approximate surface area is 269 Å². The Morgan fingerprint density at radius 2 is 1.91 bits per heavy atom. The number of hydrogen-bond acceptors (Lipinski definition) is 10. The van der Waals surface area contributed by atoms with E-state index in [-0.39, 0.29) is 0 Å². The molecule has 10 nitrogen and oxygen atoms in total. The Balaban J connectivity index is 1.33. The number of likely N-dealkylation sites (tertiary alicyclic amines) is 1. The number of nitrogens with one attached hydrogen (secondary N) is 3. The maximum atomic E-state index is 12.8. The van der Waals surface area contributed by atoms with Crippen LogP contribution in [-0.2, 0) is 12.1 Å². The number of rotatable bonds is 12. The molecule has 3 aliphatic heterocycles. The number of nitrogens with zero attached hydrogens (tertiary/aromatic N) is 5. The van der Waals surface area contributed by atoms with E-state index in [1.54, 1.807) is 16.1 Å². The number of nitrogens with two attached hydrogens (primary N) is 1. The van der Waals surface area contributed by atoms with Crippen LogP contribution in [0.2, 0.25) is 5.02 Å². The van der Waals surface area contributed by atoms with Crippen molar-refractivity contribution in [2.45, 2.75) is 31.4 Å². The summed E-state index contributed by atoms with van der Waals surface area (Å²) in [6.07, 6.45) is 6.83. The Hall–Kier alpha value is -4.19. The molecule has 0 amide bonds. The molecule has 6 rings (SSSR count). The van der Waals surface area contributed by atoms with Gasteiger partial charge in [0.2, 0.25) is 0 Å². The number of likely N-dealkylation sites (N-methyl/N-ethyl adjacent to an activating group) is 1. The van der Waals surface area contributed by atoms with Crippen molar-refractivity contribution in [3.63, 3.8) is 0 Å². The van der Waals surface area contributed by atoms with E-state index in [0.717, 1.165) is 48.4 Å². The number of benzene rings is 3. The quantitative estimate of drug-likeness (QED) is 0.192. The van der Waals surface area contributed by atoms with Crippen molar-refractivity contribution < 1.29 is 5.11 Å². The molecule has 45 heavy (non-hydrogen) atoms. The molecule has 1 saturated heterocycles. The minimum atomic E-state index is -1.61. The monoisotopic (exact) mass is 625 g/mol. The normalized spacial score (nSPS) is 17.6. The van der Waals surface area contributed by atoms with Gasteiger partial charge in [-0.2, -0.15) is 0 Å². The highest BCUT2D eigenvalue weighted by molar-refractivity contribution is 6.32. The van der Waals surface area contributed by atoms with Crippen LogP contribution >= 0.6 is 11.6 Å². The lowest BCUT2D eigenvalue weighted by molar-refractivity contribution is 0.0967. The highest BCUT2D eigenvalue weighted by Gasteiger charge is 2.40. The average molecular weight is 626 g/mol. The summed E-state index contributed by atoms with van der Waals surface area (Å²) in [6.45, 7) is 9.24. The summed E-state index contributed by atoms with van der Waals surface area (Å²) >= 11 is 6.38. The molecular weight excluding hydrogens is 586 g/mol. The van der Waals surface area contributed by atoms with Crippen LogP contribution in [0.15, 0.2) is 101 Å². The third-order valence-corrected chi connectivity index (χ3v) is 8.88. The standard InChI is InChI=1S/C34H40ClN9O/c1-3-42(2)31(22-36)34(45,26-12-10-24(11-13-26)23-37-16-7-19-43-17-4-5-18-43)27-14-15-30-29(21-27)32(25-8-6-9-28(35)20-25)38-33-39-40-41-44(30)33/h3,6,8-15,20-22,37,40-41,45H,1,4-5,7,16-19,23,36H2,2H3/b31-22-. The van der Waals surface area contributed by atoms with Crippen LogP contribution in [0.1, 0.15) is 47.1 Å². The summed E-state index contributed by atoms with van der Waals surface area (Å²) < 4.78 is 0. The number of hydrogen-bond donors (Lipinski definition) is 5. The number of anilines is 1. The van der Waals surface area contributed by atoms with E-state index in [2.05, 4.69) is 45.1 Å². The molecule has 11 heteroatoms. The van der Waals surface area contributed by atoms with E-state index in [4.69, 9.17) is 22.3 Å². The lowest BCUT2D eigenvalue weighted by Crippen LogP contribution is -2.44. The molecule has 0 spiro atoms. The van der Waals surface area contributed by atoms with Crippen molar-refractivity contribution >= 4 is 29.0 Å². The maximum Gasteiger partial charge on any atom is 0.265 e. The second kappa shape index (κ2) is 13.4. The van der Waals surface area contributed by atoms with E-state index in [0.29, 0.717) is 33.5 Å². The molecule has 3 aromatic rings. The van der Waals surface area contributed by atoms with E-state index in [1.807, 2.05) is 61.6 Å². The highest BCUT2D eigenvalue weighted by Crippen LogP contribution is 2.41. The van der Waals surface area contributed by atoms with E-state index in [9.17, 15) is 5.11 Å². The van der Waals surface area contributed by atoms with Crippen LogP contribution in [0.3, 0.4) is 0 Å². The van der Waals surface area contributed by atoms with Gasteiger partial charge >= 0.3 is 0 Å². The van der Waals surface area contributed by atoms with Crippen LogP contribution in [0.25, 0.3) is 0 Å². The molecule has 0 aromatic heterocycles. The summed E-state index contributed by atoms with van der Waals surface area (Å²) in [5.74, 6) is 0.467. The number of aliphatic hydroxyl groups is 1. The predicted octanol–water partition coefficient (Wildman–Crippen LogP) is 3.98. The first kappa shape index (κ1) is 30.8. The third-order valence-electron chi connectivity index (χ3n) is 8.65. The molecule has 1 atom stereocenters. The molecule has 0 saturated carbocycles. The number of aliphatic imine (C=N–C) groups is 1.